The zero-order valence-electron chi connectivity index (χ0n) is 22.4. The monoisotopic (exact) mass is 572 g/mol. The van der Waals surface area contributed by atoms with Crippen molar-refractivity contribution in [3.63, 3.8) is 0 Å². The fourth-order valence-electron chi connectivity index (χ4n) is 4.17. The quantitative estimate of drug-likeness (QED) is 0.237. The molecule has 9 heteroatoms. The van der Waals surface area contributed by atoms with E-state index in [0.717, 1.165) is 38.6 Å². The van der Waals surface area contributed by atoms with Crippen molar-refractivity contribution in [2.24, 2.45) is 0 Å². The minimum Gasteiger partial charge on any atom is -0.376 e. The van der Waals surface area contributed by atoms with Crippen molar-refractivity contribution in [1.29, 1.82) is 0 Å². The molecular weight excluding hydrogens is 541 g/mol. The first-order chi connectivity index (χ1) is 18.1. The number of allylic oxidation sites excluding steroid dienone is 1. The lowest BCUT2D eigenvalue weighted by Gasteiger charge is -2.26. The van der Waals surface area contributed by atoms with E-state index < -0.39 is 33.6 Å². The topological polar surface area (TPSA) is 62.2 Å². The normalized spacial score (nSPS) is 15.6. The molecule has 4 nitrogen and oxygen atoms in total. The molecule has 0 aliphatic heterocycles. The summed E-state index contributed by atoms with van der Waals surface area (Å²) in [4.78, 5) is 5.23. The van der Waals surface area contributed by atoms with Gasteiger partial charge in [-0.2, -0.15) is 13.2 Å². The largest absolute Gasteiger partial charge is 0.421 e. The van der Waals surface area contributed by atoms with Gasteiger partial charge >= 0.3 is 6.18 Å². The third kappa shape index (κ3) is 5.87. The summed E-state index contributed by atoms with van der Waals surface area (Å²) < 4.78 is 57.5. The van der Waals surface area contributed by atoms with Crippen LogP contribution in [0.1, 0.15) is 62.2 Å². The summed E-state index contributed by atoms with van der Waals surface area (Å²) >= 11 is 1.46. The SMILES string of the molecule is C=C(C)c1ccccc1C(N[S@@](=O)C(C)(C)C)c1cc2cccc(-c3cc(C(C)(O)C(F)(F)F)ccn3)c2s1. The summed E-state index contributed by atoms with van der Waals surface area (Å²) in [5.74, 6) is 0. The number of thiophene rings is 1. The molecule has 3 atom stereocenters. The number of fused-ring (bicyclic) bond motifs is 1. The van der Waals surface area contributed by atoms with E-state index in [4.69, 9.17) is 0 Å². The van der Waals surface area contributed by atoms with E-state index in [9.17, 15) is 22.5 Å². The second-order valence-electron chi connectivity index (χ2n) is 10.7. The van der Waals surface area contributed by atoms with Gasteiger partial charge in [0.25, 0.3) is 0 Å². The predicted octanol–water partition coefficient (Wildman–Crippen LogP) is 7.91. The van der Waals surface area contributed by atoms with E-state index in [-0.39, 0.29) is 5.56 Å². The van der Waals surface area contributed by atoms with Crippen molar-refractivity contribution in [3.05, 3.63) is 95.0 Å². The summed E-state index contributed by atoms with van der Waals surface area (Å²) in [6, 6.07) is 17.4. The van der Waals surface area contributed by atoms with Crippen molar-refractivity contribution < 1.29 is 22.5 Å². The van der Waals surface area contributed by atoms with Gasteiger partial charge in [-0.3, -0.25) is 4.98 Å². The number of hydrogen-bond acceptors (Lipinski definition) is 4. The molecule has 2 N–H and O–H groups in total. The molecule has 2 unspecified atom stereocenters. The molecule has 0 aliphatic rings. The summed E-state index contributed by atoms with van der Waals surface area (Å²) in [5.41, 5.74) is 0.410. The van der Waals surface area contributed by atoms with E-state index >= 15 is 0 Å². The van der Waals surface area contributed by atoms with E-state index in [1.54, 1.807) is 6.07 Å². The standard InChI is InChI=1S/C30H31F3N2O2S2/c1-18(2)21-11-7-8-12-22(21)26(35-39(37)28(3,4)5)25-16-19-10-9-13-23(27(19)38-25)24-17-20(14-15-34-24)29(6,36)30(31,32)33/h7-17,26,35-36H,1H2,2-6H3/t26?,29?,39-/m0/s1. The van der Waals surface area contributed by atoms with Gasteiger partial charge in [0.05, 0.1) is 27.5 Å². The highest BCUT2D eigenvalue weighted by atomic mass is 32.2. The lowest BCUT2D eigenvalue weighted by Crippen LogP contribution is -2.39. The van der Waals surface area contributed by atoms with Crippen molar-refractivity contribution in [3.8, 4) is 11.3 Å². The number of nitrogens with one attached hydrogen (secondary N) is 1. The van der Waals surface area contributed by atoms with Crippen LogP contribution in [0.2, 0.25) is 0 Å². The smallest absolute Gasteiger partial charge is 0.376 e. The van der Waals surface area contributed by atoms with Gasteiger partial charge in [0.2, 0.25) is 0 Å². The first kappa shape index (κ1) is 29.1. The highest BCUT2D eigenvalue weighted by molar-refractivity contribution is 7.84. The molecule has 39 heavy (non-hydrogen) atoms. The van der Waals surface area contributed by atoms with Crippen LogP contribution in [0.4, 0.5) is 13.2 Å². The number of hydrogen-bond donors (Lipinski definition) is 2. The average molecular weight is 573 g/mol. The van der Waals surface area contributed by atoms with Crippen molar-refractivity contribution >= 4 is 38.0 Å². The van der Waals surface area contributed by atoms with Gasteiger partial charge in [0.15, 0.2) is 5.60 Å². The Kier molecular flexibility index (Phi) is 7.93. The fraction of sp³-hybridized carbons (Fsp3) is 0.300. The van der Waals surface area contributed by atoms with E-state index in [1.165, 1.54) is 29.7 Å². The molecule has 0 bridgehead atoms. The van der Waals surface area contributed by atoms with Gasteiger partial charge in [0, 0.05) is 21.3 Å². The lowest BCUT2D eigenvalue weighted by atomic mass is 9.94. The Labute approximate surface area is 233 Å². The van der Waals surface area contributed by atoms with Crippen LogP contribution in [0.5, 0.6) is 0 Å². The molecule has 0 amide bonds. The predicted molar refractivity (Wildman–Crippen MR) is 155 cm³/mol. The van der Waals surface area contributed by atoms with Crippen LogP contribution in [0.15, 0.2) is 73.4 Å². The molecule has 2 heterocycles. The summed E-state index contributed by atoms with van der Waals surface area (Å²) in [6.45, 7) is 12.5. The Morgan fingerprint density at radius 1 is 1.05 bits per heavy atom. The summed E-state index contributed by atoms with van der Waals surface area (Å²) in [6.07, 6.45) is -3.57. The molecule has 2 aromatic carbocycles. The maximum absolute atomic E-state index is 13.5. The highest BCUT2D eigenvalue weighted by Gasteiger charge is 2.51. The summed E-state index contributed by atoms with van der Waals surface area (Å²) in [7, 11) is -1.39. The van der Waals surface area contributed by atoms with Gasteiger partial charge in [0.1, 0.15) is 0 Å². The maximum atomic E-state index is 13.5. The molecule has 0 spiro atoms. The van der Waals surface area contributed by atoms with Crippen molar-refractivity contribution in [2.45, 2.75) is 57.2 Å². The van der Waals surface area contributed by atoms with Gasteiger partial charge in [-0.1, -0.05) is 54.6 Å². The third-order valence-corrected chi connectivity index (χ3v) is 9.32. The highest BCUT2D eigenvalue weighted by Crippen LogP contribution is 2.42. The number of halogens is 3. The van der Waals surface area contributed by atoms with Crippen molar-refractivity contribution in [1.82, 2.24) is 9.71 Å². The number of aromatic nitrogens is 1. The minimum absolute atomic E-state index is 0.288. The Morgan fingerprint density at radius 3 is 2.38 bits per heavy atom. The molecule has 0 radical (unpaired) electrons. The first-order valence-corrected chi connectivity index (χ1v) is 14.3. The van der Waals surface area contributed by atoms with Crippen LogP contribution in [0.3, 0.4) is 0 Å². The minimum atomic E-state index is -4.84. The Morgan fingerprint density at radius 2 is 1.74 bits per heavy atom. The second kappa shape index (κ2) is 10.6. The van der Waals surface area contributed by atoms with Gasteiger partial charge < -0.3 is 5.11 Å². The molecule has 0 aliphatic carbocycles. The molecule has 0 saturated carbocycles. The number of rotatable bonds is 7. The number of pyridine rings is 1. The molecule has 206 valence electrons. The number of benzene rings is 2. The molecular formula is C30H31F3N2O2S2. The Bertz CT molecular complexity index is 1550. The van der Waals surface area contributed by atoms with Crippen LogP contribution in [-0.4, -0.2) is 25.2 Å². The van der Waals surface area contributed by atoms with Crippen molar-refractivity contribution in [2.75, 3.05) is 0 Å². The molecule has 4 rings (SSSR count). The van der Waals surface area contributed by atoms with Crippen LogP contribution in [0.25, 0.3) is 26.9 Å². The number of alkyl halides is 3. The first-order valence-electron chi connectivity index (χ1n) is 12.3. The van der Waals surface area contributed by atoms with E-state index in [0.29, 0.717) is 11.3 Å². The summed E-state index contributed by atoms with van der Waals surface area (Å²) in [5, 5.41) is 11.1. The van der Waals surface area contributed by atoms with Crippen LogP contribution in [0, 0.1) is 0 Å². The van der Waals surface area contributed by atoms with Gasteiger partial charge in [-0.15, -0.1) is 11.3 Å². The molecule has 4 aromatic rings. The van der Waals surface area contributed by atoms with E-state index in [1.807, 2.05) is 70.2 Å². The zero-order chi connectivity index (χ0) is 28.8. The second-order valence-corrected chi connectivity index (χ2v) is 13.8. The Hall–Kier alpha value is -2.85. The lowest BCUT2D eigenvalue weighted by molar-refractivity contribution is -0.258. The third-order valence-electron chi connectivity index (χ3n) is 6.51. The number of nitrogens with zero attached hydrogens (tertiary/aromatic N) is 1. The van der Waals surface area contributed by atoms with E-state index in [2.05, 4.69) is 16.3 Å². The zero-order valence-corrected chi connectivity index (χ0v) is 24.0. The molecule has 2 aromatic heterocycles. The number of aliphatic hydroxyl groups is 1. The van der Waals surface area contributed by atoms with Crippen LogP contribution >= 0.6 is 11.3 Å². The van der Waals surface area contributed by atoms with Gasteiger partial charge in [-0.05, 0) is 74.9 Å². The van der Waals surface area contributed by atoms with Crippen LogP contribution in [-0.2, 0) is 16.6 Å². The van der Waals surface area contributed by atoms with Gasteiger partial charge in [-0.25, -0.2) is 8.93 Å². The molecule has 0 saturated heterocycles. The van der Waals surface area contributed by atoms with Crippen LogP contribution < -0.4 is 4.72 Å². The average Bonchev–Trinajstić information content (AvgIpc) is 3.30. The Balaban J connectivity index is 1.88. The maximum Gasteiger partial charge on any atom is 0.421 e. The fourth-order valence-corrected chi connectivity index (χ4v) is 6.32. The molecule has 0 fully saturated rings.